The van der Waals surface area contributed by atoms with E-state index >= 15 is 0 Å². The lowest BCUT2D eigenvalue weighted by Crippen LogP contribution is -2.23. The Morgan fingerprint density at radius 1 is 1.03 bits per heavy atom. The van der Waals surface area contributed by atoms with Crippen LogP contribution >= 0.6 is 0 Å². The molecule has 4 aromatic rings. The predicted molar refractivity (Wildman–Crippen MR) is 124 cm³/mol. The molecule has 0 bridgehead atoms. The van der Waals surface area contributed by atoms with Crippen molar-refractivity contribution in [3.63, 3.8) is 0 Å². The number of hydrogen-bond acceptors (Lipinski definition) is 6. The predicted octanol–water partition coefficient (Wildman–Crippen LogP) is 3.57. The highest BCUT2D eigenvalue weighted by Crippen LogP contribution is 2.24. The first-order chi connectivity index (χ1) is 15.5. The van der Waals surface area contributed by atoms with Gasteiger partial charge in [-0.1, -0.05) is 23.4 Å². The fourth-order valence-electron chi connectivity index (χ4n) is 3.97. The van der Waals surface area contributed by atoms with Crippen LogP contribution in [0.3, 0.4) is 0 Å². The van der Waals surface area contributed by atoms with Gasteiger partial charge in [-0.15, -0.1) is 5.10 Å². The molecule has 1 aliphatic heterocycles. The van der Waals surface area contributed by atoms with Crippen molar-refractivity contribution >= 4 is 22.1 Å². The Kier molecular flexibility index (Phi) is 5.33. The van der Waals surface area contributed by atoms with Crippen LogP contribution in [0.25, 0.3) is 27.6 Å². The number of benzene rings is 1. The zero-order valence-corrected chi connectivity index (χ0v) is 18.2. The van der Waals surface area contributed by atoms with Crippen molar-refractivity contribution in [3.8, 4) is 11.3 Å². The maximum Gasteiger partial charge on any atom is 0.168 e. The Labute approximate surface area is 186 Å². The number of ketones is 1. The summed E-state index contributed by atoms with van der Waals surface area (Å²) in [4.78, 5) is 24.3. The number of carbonyl (C=O) groups excluding carboxylic acids is 1. The summed E-state index contributed by atoms with van der Waals surface area (Å²) in [5.74, 6) is 0.0408. The quantitative estimate of drug-likeness (QED) is 0.456. The maximum absolute atomic E-state index is 13.0. The molecule has 1 aromatic carbocycles. The lowest BCUT2D eigenvalue weighted by Gasteiger charge is -2.21. The number of fused-ring (bicyclic) bond motifs is 1. The molecule has 0 amide bonds. The van der Waals surface area contributed by atoms with Gasteiger partial charge in [0.05, 0.1) is 18.3 Å². The maximum atomic E-state index is 13.0. The van der Waals surface area contributed by atoms with Gasteiger partial charge in [-0.05, 0) is 48.7 Å². The lowest BCUT2D eigenvalue weighted by atomic mass is 10.00. The molecule has 0 radical (unpaired) electrons. The third-order valence-electron chi connectivity index (χ3n) is 5.84. The summed E-state index contributed by atoms with van der Waals surface area (Å²) in [5, 5.41) is 10.2. The molecule has 160 valence electrons. The summed E-state index contributed by atoms with van der Waals surface area (Å²) < 4.78 is 1.68. The standard InChI is InChI=1S/C25H24N6O/c1-30-9-6-17(7-10-30)23-13-19(5-8-26-23)25(32)14-22-12-21-11-18(3-4-20(21)15-27-22)24-16-31(2)29-28-24/h3-6,8,11-13,15-16H,7,9-10,14H2,1-2H3. The zero-order valence-electron chi connectivity index (χ0n) is 18.2. The minimum atomic E-state index is 0.0408. The Hall–Kier alpha value is -3.71. The van der Waals surface area contributed by atoms with Crippen molar-refractivity contribution in [3.05, 3.63) is 78.0 Å². The van der Waals surface area contributed by atoms with Crippen molar-refractivity contribution in [1.82, 2.24) is 29.9 Å². The number of aromatic nitrogens is 5. The fraction of sp³-hybridized carbons (Fsp3) is 0.240. The largest absolute Gasteiger partial charge is 0.302 e. The molecule has 32 heavy (non-hydrogen) atoms. The topological polar surface area (TPSA) is 76.8 Å². The van der Waals surface area contributed by atoms with Gasteiger partial charge in [0.2, 0.25) is 0 Å². The molecule has 4 heterocycles. The molecule has 0 N–H and O–H groups in total. The van der Waals surface area contributed by atoms with E-state index in [4.69, 9.17) is 0 Å². The molecular weight excluding hydrogens is 400 g/mol. The van der Waals surface area contributed by atoms with Crippen LogP contribution in [0.1, 0.15) is 28.2 Å². The molecule has 0 saturated heterocycles. The van der Waals surface area contributed by atoms with E-state index in [-0.39, 0.29) is 12.2 Å². The van der Waals surface area contributed by atoms with Gasteiger partial charge in [0.1, 0.15) is 5.69 Å². The fourth-order valence-corrected chi connectivity index (χ4v) is 3.97. The van der Waals surface area contributed by atoms with E-state index < -0.39 is 0 Å². The smallest absolute Gasteiger partial charge is 0.168 e. The van der Waals surface area contributed by atoms with Crippen molar-refractivity contribution < 1.29 is 4.79 Å². The summed E-state index contributed by atoms with van der Waals surface area (Å²) >= 11 is 0. The van der Waals surface area contributed by atoms with Crippen LogP contribution in [-0.4, -0.2) is 55.8 Å². The normalized spacial score (nSPS) is 14.5. The Morgan fingerprint density at radius 2 is 1.94 bits per heavy atom. The van der Waals surface area contributed by atoms with Gasteiger partial charge in [0, 0.05) is 54.7 Å². The van der Waals surface area contributed by atoms with E-state index in [0.29, 0.717) is 5.56 Å². The Bertz CT molecular complexity index is 1340. The molecule has 0 atom stereocenters. The third kappa shape index (κ3) is 4.20. The van der Waals surface area contributed by atoms with Gasteiger partial charge in [-0.2, -0.15) is 0 Å². The Balaban J connectivity index is 1.38. The number of likely N-dealkylation sites (N-methyl/N-ethyl adjacent to an activating group) is 1. The van der Waals surface area contributed by atoms with Crippen LogP contribution in [0.4, 0.5) is 0 Å². The van der Waals surface area contributed by atoms with Gasteiger partial charge < -0.3 is 4.90 Å². The van der Waals surface area contributed by atoms with Crippen LogP contribution in [0.5, 0.6) is 0 Å². The lowest BCUT2D eigenvalue weighted by molar-refractivity contribution is 0.0992. The average molecular weight is 425 g/mol. The second-order valence-electron chi connectivity index (χ2n) is 8.29. The van der Waals surface area contributed by atoms with Gasteiger partial charge in [-0.3, -0.25) is 19.4 Å². The number of Topliss-reactive ketones (excluding diaryl/α,β-unsaturated/α-hetero) is 1. The van der Waals surface area contributed by atoms with Crippen molar-refractivity contribution in [1.29, 1.82) is 0 Å². The third-order valence-corrected chi connectivity index (χ3v) is 5.84. The highest BCUT2D eigenvalue weighted by atomic mass is 16.1. The van der Waals surface area contributed by atoms with Crippen LogP contribution < -0.4 is 0 Å². The van der Waals surface area contributed by atoms with E-state index in [1.807, 2.05) is 43.7 Å². The molecule has 0 fully saturated rings. The van der Waals surface area contributed by atoms with Gasteiger partial charge >= 0.3 is 0 Å². The Morgan fingerprint density at radius 3 is 2.72 bits per heavy atom. The summed E-state index contributed by atoms with van der Waals surface area (Å²) in [6.45, 7) is 1.91. The average Bonchev–Trinajstić information content (AvgIpc) is 3.25. The summed E-state index contributed by atoms with van der Waals surface area (Å²) in [6, 6.07) is 11.8. The molecule has 0 unspecified atom stereocenters. The molecule has 0 saturated carbocycles. The van der Waals surface area contributed by atoms with Crippen LogP contribution in [-0.2, 0) is 13.5 Å². The number of carbonyl (C=O) groups is 1. The SMILES string of the molecule is CN1CC=C(c2cc(C(=O)Cc3cc4cc(-c5cn(C)nn5)ccc4cn3)ccn2)CC1. The first kappa shape index (κ1) is 20.2. The van der Waals surface area contributed by atoms with Crippen LogP contribution in [0, 0.1) is 0 Å². The highest BCUT2D eigenvalue weighted by molar-refractivity contribution is 5.98. The first-order valence-electron chi connectivity index (χ1n) is 10.7. The summed E-state index contributed by atoms with van der Waals surface area (Å²) in [6.07, 6.45) is 8.81. The first-order valence-corrected chi connectivity index (χ1v) is 10.7. The second-order valence-corrected chi connectivity index (χ2v) is 8.29. The van der Waals surface area contributed by atoms with E-state index in [0.717, 1.165) is 52.9 Å². The minimum Gasteiger partial charge on any atom is -0.302 e. The molecule has 1 aliphatic rings. The number of aryl methyl sites for hydroxylation is 1. The monoisotopic (exact) mass is 424 g/mol. The molecule has 3 aromatic heterocycles. The van der Waals surface area contributed by atoms with Crippen LogP contribution in [0.2, 0.25) is 0 Å². The molecule has 7 heteroatoms. The summed E-state index contributed by atoms with van der Waals surface area (Å²) in [5.41, 5.74) is 5.32. The number of hydrogen-bond donors (Lipinski definition) is 0. The van der Waals surface area contributed by atoms with Gasteiger partial charge in [0.25, 0.3) is 0 Å². The zero-order chi connectivity index (χ0) is 22.1. The van der Waals surface area contributed by atoms with Crippen molar-refractivity contribution in [2.24, 2.45) is 7.05 Å². The number of pyridine rings is 2. The van der Waals surface area contributed by atoms with Crippen LogP contribution in [0.15, 0.2) is 61.1 Å². The van der Waals surface area contributed by atoms with Crippen molar-refractivity contribution in [2.75, 3.05) is 20.1 Å². The van der Waals surface area contributed by atoms with Gasteiger partial charge in [-0.25, -0.2) is 0 Å². The number of nitrogens with zero attached hydrogens (tertiary/aromatic N) is 6. The molecular formula is C25H24N6O. The van der Waals surface area contributed by atoms with E-state index in [1.165, 1.54) is 5.57 Å². The number of rotatable bonds is 5. The molecule has 0 aliphatic carbocycles. The van der Waals surface area contributed by atoms with Gasteiger partial charge in [0.15, 0.2) is 5.78 Å². The molecule has 5 rings (SSSR count). The second kappa shape index (κ2) is 8.43. The summed E-state index contributed by atoms with van der Waals surface area (Å²) in [7, 11) is 3.95. The van der Waals surface area contributed by atoms with E-state index in [2.05, 4.69) is 44.4 Å². The van der Waals surface area contributed by atoms with Crippen molar-refractivity contribution in [2.45, 2.75) is 12.8 Å². The van der Waals surface area contributed by atoms with E-state index in [9.17, 15) is 4.79 Å². The minimum absolute atomic E-state index is 0.0408. The molecule has 7 nitrogen and oxygen atoms in total. The van der Waals surface area contributed by atoms with E-state index in [1.54, 1.807) is 16.9 Å². The molecule has 0 spiro atoms. The highest BCUT2D eigenvalue weighted by Gasteiger charge is 2.14.